The van der Waals surface area contributed by atoms with Crippen LogP contribution in [-0.4, -0.2) is 13.0 Å². The third kappa shape index (κ3) is 1.56. The summed E-state index contributed by atoms with van der Waals surface area (Å²) in [4.78, 5) is 12.7. The van der Waals surface area contributed by atoms with Crippen LogP contribution in [0.1, 0.15) is 24.5 Å². The van der Waals surface area contributed by atoms with Gasteiger partial charge in [-0.25, -0.2) is 0 Å². The highest BCUT2D eigenvalue weighted by molar-refractivity contribution is 6.09. The molecule has 0 bridgehead atoms. The van der Waals surface area contributed by atoms with Crippen LogP contribution in [0.2, 0.25) is 0 Å². The zero-order chi connectivity index (χ0) is 14.2. The lowest BCUT2D eigenvalue weighted by Gasteiger charge is -2.28. The van der Waals surface area contributed by atoms with E-state index in [0.29, 0.717) is 6.42 Å². The van der Waals surface area contributed by atoms with Crippen LogP contribution in [0.25, 0.3) is 0 Å². The number of para-hydroxylation sites is 2. The van der Waals surface area contributed by atoms with Crippen LogP contribution < -0.4 is 10.1 Å². The second-order valence-corrected chi connectivity index (χ2v) is 4.96. The maximum absolute atomic E-state index is 12.7. The molecule has 1 aliphatic heterocycles. The highest BCUT2D eigenvalue weighted by atomic mass is 16.5. The summed E-state index contributed by atoms with van der Waals surface area (Å²) in [5, 5.41) is 2.99. The standard InChI is InChI=1S/C17H17NO2/c1-3-17(13-9-5-7-11-15(13)20-2)12-8-4-6-10-14(12)18-16(17)19/h4-11H,3H2,1-2H3,(H,18,19). The highest BCUT2D eigenvalue weighted by Gasteiger charge is 2.48. The summed E-state index contributed by atoms with van der Waals surface area (Å²) in [5.41, 5.74) is 2.18. The van der Waals surface area contributed by atoms with Gasteiger partial charge in [-0.2, -0.15) is 0 Å². The Morgan fingerprint density at radius 1 is 1.05 bits per heavy atom. The lowest BCUT2D eigenvalue weighted by Crippen LogP contribution is -2.35. The molecule has 0 radical (unpaired) electrons. The van der Waals surface area contributed by atoms with Crippen molar-refractivity contribution < 1.29 is 9.53 Å². The molecule has 0 fully saturated rings. The lowest BCUT2D eigenvalue weighted by atomic mass is 9.73. The van der Waals surface area contributed by atoms with Gasteiger partial charge < -0.3 is 10.1 Å². The molecule has 1 heterocycles. The second-order valence-electron chi connectivity index (χ2n) is 4.96. The van der Waals surface area contributed by atoms with Gasteiger partial charge in [-0.05, 0) is 24.1 Å². The third-order valence-corrected chi connectivity index (χ3v) is 4.12. The van der Waals surface area contributed by atoms with Crippen molar-refractivity contribution in [2.24, 2.45) is 0 Å². The van der Waals surface area contributed by atoms with Crippen LogP contribution in [0, 0.1) is 0 Å². The maximum Gasteiger partial charge on any atom is 0.239 e. The first kappa shape index (κ1) is 12.7. The van der Waals surface area contributed by atoms with Gasteiger partial charge in [-0.15, -0.1) is 0 Å². The van der Waals surface area contributed by atoms with E-state index in [1.165, 1.54) is 0 Å². The van der Waals surface area contributed by atoms with Crippen molar-refractivity contribution in [2.75, 3.05) is 12.4 Å². The Morgan fingerprint density at radius 2 is 1.70 bits per heavy atom. The molecule has 0 saturated carbocycles. The van der Waals surface area contributed by atoms with E-state index in [-0.39, 0.29) is 5.91 Å². The number of amides is 1. The van der Waals surface area contributed by atoms with Crippen LogP contribution in [0.5, 0.6) is 5.75 Å². The second kappa shape index (κ2) is 4.67. The Kier molecular flexibility index (Phi) is 2.97. The topological polar surface area (TPSA) is 38.3 Å². The van der Waals surface area contributed by atoms with E-state index in [0.717, 1.165) is 22.6 Å². The van der Waals surface area contributed by atoms with Crippen LogP contribution in [-0.2, 0) is 10.2 Å². The summed E-state index contributed by atoms with van der Waals surface area (Å²) in [6, 6.07) is 15.6. The van der Waals surface area contributed by atoms with Gasteiger partial charge in [-0.3, -0.25) is 4.79 Å². The molecule has 0 aliphatic carbocycles. The molecule has 0 saturated heterocycles. The molecule has 2 aromatic carbocycles. The first-order valence-electron chi connectivity index (χ1n) is 6.78. The maximum atomic E-state index is 12.7. The zero-order valence-corrected chi connectivity index (χ0v) is 11.6. The average Bonchev–Trinajstić information content (AvgIpc) is 2.79. The summed E-state index contributed by atoms with van der Waals surface area (Å²) < 4.78 is 5.47. The molecule has 102 valence electrons. The summed E-state index contributed by atoms with van der Waals surface area (Å²) in [6.45, 7) is 2.04. The van der Waals surface area contributed by atoms with Crippen LogP contribution in [0.15, 0.2) is 48.5 Å². The van der Waals surface area contributed by atoms with Crippen molar-refractivity contribution >= 4 is 11.6 Å². The van der Waals surface area contributed by atoms with E-state index in [4.69, 9.17) is 4.74 Å². The fraction of sp³-hybridized carbons (Fsp3) is 0.235. The molecule has 3 nitrogen and oxygen atoms in total. The van der Waals surface area contributed by atoms with Crippen molar-refractivity contribution in [1.82, 2.24) is 0 Å². The number of hydrogen-bond acceptors (Lipinski definition) is 2. The summed E-state index contributed by atoms with van der Waals surface area (Å²) in [6.07, 6.45) is 0.691. The molecule has 0 spiro atoms. The van der Waals surface area contributed by atoms with Gasteiger partial charge in [0.15, 0.2) is 0 Å². The van der Waals surface area contributed by atoms with Crippen LogP contribution in [0.4, 0.5) is 5.69 Å². The minimum Gasteiger partial charge on any atom is -0.496 e. The average molecular weight is 267 g/mol. The molecule has 3 rings (SSSR count). The van der Waals surface area contributed by atoms with E-state index in [1.54, 1.807) is 7.11 Å². The van der Waals surface area contributed by atoms with Crippen molar-refractivity contribution in [2.45, 2.75) is 18.8 Å². The predicted octanol–water partition coefficient (Wildman–Crippen LogP) is 3.34. The SMILES string of the molecule is CCC1(c2ccccc2OC)C(=O)Nc2ccccc21. The number of anilines is 1. The lowest BCUT2D eigenvalue weighted by molar-refractivity contribution is -0.119. The highest BCUT2D eigenvalue weighted by Crippen LogP contribution is 2.47. The van der Waals surface area contributed by atoms with Gasteiger partial charge in [0, 0.05) is 11.3 Å². The Labute approximate surface area is 118 Å². The number of hydrogen-bond donors (Lipinski definition) is 1. The van der Waals surface area contributed by atoms with E-state index in [2.05, 4.69) is 5.32 Å². The third-order valence-electron chi connectivity index (χ3n) is 4.12. The predicted molar refractivity (Wildman–Crippen MR) is 79.1 cm³/mol. The number of nitrogens with one attached hydrogen (secondary N) is 1. The molecule has 1 unspecified atom stereocenters. The normalized spacial score (nSPS) is 20.4. The number of carbonyl (C=O) groups is 1. The first-order chi connectivity index (χ1) is 9.74. The van der Waals surface area contributed by atoms with E-state index >= 15 is 0 Å². The molecule has 20 heavy (non-hydrogen) atoms. The van der Waals surface area contributed by atoms with Crippen molar-refractivity contribution in [3.8, 4) is 5.75 Å². The van der Waals surface area contributed by atoms with Crippen LogP contribution >= 0.6 is 0 Å². The van der Waals surface area contributed by atoms with Crippen molar-refractivity contribution in [3.63, 3.8) is 0 Å². The molecule has 3 heteroatoms. The number of fused-ring (bicyclic) bond motifs is 1. The van der Waals surface area contributed by atoms with Crippen molar-refractivity contribution in [1.29, 1.82) is 0 Å². The summed E-state index contributed by atoms with van der Waals surface area (Å²) in [7, 11) is 1.64. The number of methoxy groups -OCH3 is 1. The van der Waals surface area contributed by atoms with Gasteiger partial charge in [0.2, 0.25) is 5.91 Å². The molecule has 1 aliphatic rings. The van der Waals surface area contributed by atoms with E-state index in [1.807, 2.05) is 55.5 Å². The van der Waals surface area contributed by atoms with Gasteiger partial charge >= 0.3 is 0 Å². The number of benzene rings is 2. The smallest absolute Gasteiger partial charge is 0.239 e. The number of rotatable bonds is 3. The van der Waals surface area contributed by atoms with Gasteiger partial charge in [0.25, 0.3) is 0 Å². The Hall–Kier alpha value is -2.29. The Morgan fingerprint density at radius 3 is 2.40 bits per heavy atom. The largest absolute Gasteiger partial charge is 0.496 e. The molecular formula is C17H17NO2. The monoisotopic (exact) mass is 267 g/mol. The summed E-state index contributed by atoms with van der Waals surface area (Å²) in [5.74, 6) is 0.770. The van der Waals surface area contributed by atoms with E-state index < -0.39 is 5.41 Å². The molecular weight excluding hydrogens is 250 g/mol. The Bertz CT molecular complexity index is 666. The zero-order valence-electron chi connectivity index (χ0n) is 11.6. The van der Waals surface area contributed by atoms with Gasteiger partial charge in [-0.1, -0.05) is 43.3 Å². The summed E-state index contributed by atoms with van der Waals surface area (Å²) >= 11 is 0. The van der Waals surface area contributed by atoms with Crippen molar-refractivity contribution in [3.05, 3.63) is 59.7 Å². The molecule has 1 atom stereocenters. The quantitative estimate of drug-likeness (QED) is 0.926. The fourth-order valence-electron chi connectivity index (χ4n) is 3.12. The molecule has 1 N–H and O–H groups in total. The minimum absolute atomic E-state index is 0.0192. The van der Waals surface area contributed by atoms with Crippen LogP contribution in [0.3, 0.4) is 0 Å². The first-order valence-corrected chi connectivity index (χ1v) is 6.78. The van der Waals surface area contributed by atoms with Gasteiger partial charge in [0.1, 0.15) is 11.2 Å². The fourth-order valence-corrected chi connectivity index (χ4v) is 3.12. The Balaban J connectivity index is 2.29. The minimum atomic E-state index is -0.663. The number of ether oxygens (including phenoxy) is 1. The molecule has 1 amide bonds. The number of carbonyl (C=O) groups excluding carboxylic acids is 1. The molecule has 2 aromatic rings. The molecule has 0 aromatic heterocycles. The van der Waals surface area contributed by atoms with Gasteiger partial charge in [0.05, 0.1) is 7.11 Å². The van der Waals surface area contributed by atoms with E-state index in [9.17, 15) is 4.79 Å².